The van der Waals surface area contributed by atoms with E-state index >= 15 is 0 Å². The monoisotopic (exact) mass is 456 g/mol. The molecule has 1 aromatic carbocycles. The molecule has 0 radical (unpaired) electrons. The molecule has 3 aromatic rings. The van der Waals surface area contributed by atoms with Crippen molar-refractivity contribution in [3.05, 3.63) is 56.4 Å². The molecule has 2 aromatic heterocycles. The van der Waals surface area contributed by atoms with Gasteiger partial charge in [-0.15, -0.1) is 23.1 Å². The van der Waals surface area contributed by atoms with Crippen LogP contribution in [-0.4, -0.2) is 52.2 Å². The molecule has 1 N–H and O–H groups in total. The Balaban J connectivity index is 1.34. The first-order valence-electron chi connectivity index (χ1n) is 10.5. The van der Waals surface area contributed by atoms with Gasteiger partial charge in [-0.1, -0.05) is 12.1 Å². The number of anilines is 1. The Bertz CT molecular complexity index is 1160. The predicted octanol–water partition coefficient (Wildman–Crippen LogP) is 3.88. The van der Waals surface area contributed by atoms with Crippen molar-refractivity contribution < 1.29 is 4.79 Å². The van der Waals surface area contributed by atoms with Gasteiger partial charge in [-0.3, -0.25) is 9.59 Å². The Morgan fingerprint density at radius 1 is 1.23 bits per heavy atom. The van der Waals surface area contributed by atoms with Crippen molar-refractivity contribution in [3.63, 3.8) is 0 Å². The molecule has 0 spiro atoms. The molecule has 8 heteroatoms. The van der Waals surface area contributed by atoms with E-state index in [1.54, 1.807) is 11.3 Å². The zero-order valence-corrected chi connectivity index (χ0v) is 20.0. The number of aromatic amines is 1. The van der Waals surface area contributed by atoms with Gasteiger partial charge in [0, 0.05) is 36.7 Å². The SMILES string of the molecule is Cc1cccc(N2CCN(C(=O)[C@@H](C)SCc3nc4sc(C)c(C)c4c(=O)[nH]3)CC2)c1. The number of carbonyl (C=O) groups is 1. The second kappa shape index (κ2) is 9.04. The van der Waals surface area contributed by atoms with Gasteiger partial charge in [-0.05, 0) is 51.0 Å². The van der Waals surface area contributed by atoms with E-state index in [-0.39, 0.29) is 16.7 Å². The molecule has 0 unspecified atom stereocenters. The fraction of sp³-hybridized carbons (Fsp3) is 0.435. The maximum absolute atomic E-state index is 12.9. The second-order valence-corrected chi connectivity index (χ2v) is 10.6. The number of nitrogens with zero attached hydrogens (tertiary/aromatic N) is 3. The number of H-pyrrole nitrogens is 1. The number of thiophene rings is 1. The molecule has 3 heterocycles. The highest BCUT2D eigenvalue weighted by Crippen LogP contribution is 2.27. The fourth-order valence-corrected chi connectivity index (χ4v) is 5.79. The standard InChI is InChI=1S/C23H28N4O2S2/c1-14-6-5-7-18(12-14)26-8-10-27(11-9-26)23(29)17(4)30-13-19-24-21(28)20-15(2)16(3)31-22(20)25-19/h5-7,12,17H,8-11,13H2,1-4H3,(H,24,25,28)/t17-/m1/s1. The summed E-state index contributed by atoms with van der Waals surface area (Å²) >= 11 is 3.08. The van der Waals surface area contributed by atoms with E-state index in [1.807, 2.05) is 25.7 Å². The Morgan fingerprint density at radius 2 is 1.97 bits per heavy atom. The molecule has 0 aliphatic carbocycles. The number of nitrogens with one attached hydrogen (secondary N) is 1. The van der Waals surface area contributed by atoms with Crippen LogP contribution in [0.2, 0.25) is 0 Å². The Hall–Kier alpha value is -2.32. The van der Waals surface area contributed by atoms with Gasteiger partial charge in [-0.25, -0.2) is 4.98 Å². The number of hydrogen-bond acceptors (Lipinski definition) is 6. The molecule has 1 saturated heterocycles. The van der Waals surface area contributed by atoms with Crippen molar-refractivity contribution in [2.75, 3.05) is 31.1 Å². The minimum Gasteiger partial charge on any atom is -0.368 e. The van der Waals surface area contributed by atoms with Crippen molar-refractivity contribution in [2.45, 2.75) is 38.7 Å². The average Bonchev–Trinajstić information content (AvgIpc) is 3.05. The first kappa shape index (κ1) is 21.9. The Labute approximate surface area is 190 Å². The van der Waals surface area contributed by atoms with Crippen LogP contribution in [0, 0.1) is 20.8 Å². The molecule has 1 aliphatic rings. The van der Waals surface area contributed by atoms with Crippen LogP contribution in [0.25, 0.3) is 10.2 Å². The highest BCUT2D eigenvalue weighted by Gasteiger charge is 2.25. The van der Waals surface area contributed by atoms with Crippen molar-refractivity contribution in [3.8, 4) is 0 Å². The lowest BCUT2D eigenvalue weighted by Crippen LogP contribution is -2.50. The quantitative estimate of drug-likeness (QED) is 0.631. The molecule has 4 rings (SSSR count). The van der Waals surface area contributed by atoms with E-state index in [0.717, 1.165) is 41.5 Å². The summed E-state index contributed by atoms with van der Waals surface area (Å²) < 4.78 is 0. The minimum atomic E-state index is -0.182. The number of hydrogen-bond donors (Lipinski definition) is 1. The van der Waals surface area contributed by atoms with Gasteiger partial charge >= 0.3 is 0 Å². The Kier molecular flexibility index (Phi) is 6.39. The third-order valence-corrected chi connectivity index (χ3v) is 8.11. The third kappa shape index (κ3) is 4.65. The zero-order chi connectivity index (χ0) is 22.1. The molecular weight excluding hydrogens is 428 g/mol. The maximum Gasteiger partial charge on any atom is 0.259 e. The summed E-state index contributed by atoms with van der Waals surface area (Å²) in [7, 11) is 0. The zero-order valence-electron chi connectivity index (χ0n) is 18.4. The van der Waals surface area contributed by atoms with E-state index < -0.39 is 0 Å². The van der Waals surface area contributed by atoms with Crippen LogP contribution >= 0.6 is 23.1 Å². The van der Waals surface area contributed by atoms with Gasteiger partial charge in [0.25, 0.3) is 5.56 Å². The van der Waals surface area contributed by atoms with Gasteiger partial charge in [0.05, 0.1) is 16.4 Å². The summed E-state index contributed by atoms with van der Waals surface area (Å²) in [5.41, 5.74) is 3.38. The van der Waals surface area contributed by atoms with Gasteiger partial charge in [-0.2, -0.15) is 0 Å². The number of piperazine rings is 1. The smallest absolute Gasteiger partial charge is 0.259 e. The largest absolute Gasteiger partial charge is 0.368 e. The number of thioether (sulfide) groups is 1. The van der Waals surface area contributed by atoms with E-state index in [9.17, 15) is 9.59 Å². The number of benzene rings is 1. The molecule has 1 atom stereocenters. The van der Waals surface area contributed by atoms with Crippen LogP contribution in [-0.2, 0) is 10.5 Å². The van der Waals surface area contributed by atoms with Crippen LogP contribution in [0.1, 0.15) is 28.8 Å². The topological polar surface area (TPSA) is 69.3 Å². The minimum absolute atomic E-state index is 0.0892. The lowest BCUT2D eigenvalue weighted by atomic mass is 10.2. The van der Waals surface area contributed by atoms with Gasteiger partial charge in [0.15, 0.2) is 0 Å². The van der Waals surface area contributed by atoms with E-state index in [1.165, 1.54) is 23.0 Å². The molecule has 164 valence electrons. The van der Waals surface area contributed by atoms with Crippen molar-refractivity contribution >= 4 is 44.9 Å². The summed E-state index contributed by atoms with van der Waals surface area (Å²) in [6.45, 7) is 11.1. The number of aromatic nitrogens is 2. The normalized spacial score (nSPS) is 15.5. The molecule has 1 amide bonds. The van der Waals surface area contributed by atoms with E-state index in [0.29, 0.717) is 17.0 Å². The first-order chi connectivity index (χ1) is 14.8. The summed E-state index contributed by atoms with van der Waals surface area (Å²) in [4.78, 5) is 39.1. The van der Waals surface area contributed by atoms with Crippen LogP contribution in [0.5, 0.6) is 0 Å². The van der Waals surface area contributed by atoms with Crippen LogP contribution < -0.4 is 10.5 Å². The molecule has 1 aliphatic heterocycles. The highest BCUT2D eigenvalue weighted by atomic mass is 32.2. The van der Waals surface area contributed by atoms with Crippen LogP contribution in [0.15, 0.2) is 29.1 Å². The lowest BCUT2D eigenvalue weighted by Gasteiger charge is -2.37. The number of aryl methyl sites for hydroxylation is 3. The van der Waals surface area contributed by atoms with Crippen molar-refractivity contribution in [1.82, 2.24) is 14.9 Å². The summed E-state index contributed by atoms with van der Waals surface area (Å²) in [6, 6.07) is 8.50. The number of rotatable bonds is 5. The van der Waals surface area contributed by atoms with Crippen LogP contribution in [0.3, 0.4) is 0 Å². The number of fused-ring (bicyclic) bond motifs is 1. The molecule has 0 bridgehead atoms. The summed E-state index contributed by atoms with van der Waals surface area (Å²) in [5, 5.41) is 0.505. The highest BCUT2D eigenvalue weighted by molar-refractivity contribution is 7.99. The lowest BCUT2D eigenvalue weighted by molar-refractivity contribution is -0.130. The first-order valence-corrected chi connectivity index (χ1v) is 12.4. The third-order valence-electron chi connectivity index (χ3n) is 5.86. The molecule has 6 nitrogen and oxygen atoms in total. The summed E-state index contributed by atoms with van der Waals surface area (Å²) in [5.74, 6) is 1.30. The number of amides is 1. The maximum atomic E-state index is 12.9. The van der Waals surface area contributed by atoms with Gasteiger partial charge in [0.2, 0.25) is 5.91 Å². The second-order valence-electron chi connectivity index (χ2n) is 8.08. The van der Waals surface area contributed by atoms with Crippen LogP contribution in [0.4, 0.5) is 5.69 Å². The van der Waals surface area contributed by atoms with Gasteiger partial charge in [0.1, 0.15) is 10.7 Å². The predicted molar refractivity (Wildman–Crippen MR) is 130 cm³/mol. The molecule has 0 saturated carbocycles. The van der Waals surface area contributed by atoms with Crippen molar-refractivity contribution in [2.24, 2.45) is 0 Å². The molecule has 31 heavy (non-hydrogen) atoms. The van der Waals surface area contributed by atoms with E-state index in [2.05, 4.69) is 46.1 Å². The molecule has 1 fully saturated rings. The van der Waals surface area contributed by atoms with Crippen molar-refractivity contribution in [1.29, 1.82) is 0 Å². The Morgan fingerprint density at radius 3 is 2.68 bits per heavy atom. The fourth-order valence-electron chi connectivity index (χ4n) is 3.91. The summed E-state index contributed by atoms with van der Waals surface area (Å²) in [6.07, 6.45) is 0. The van der Waals surface area contributed by atoms with Gasteiger partial charge < -0.3 is 14.8 Å². The average molecular weight is 457 g/mol. The number of carbonyl (C=O) groups excluding carboxylic acids is 1. The molecular formula is C23H28N4O2S2. The van der Waals surface area contributed by atoms with E-state index in [4.69, 9.17) is 0 Å².